The van der Waals surface area contributed by atoms with E-state index in [9.17, 15) is 9.59 Å². The quantitative estimate of drug-likeness (QED) is 0.501. The zero-order valence-corrected chi connectivity index (χ0v) is 18.2. The monoisotopic (exact) mass is 446 g/mol. The largest absolute Gasteiger partial charge is 0.449 e. The van der Waals surface area contributed by atoms with Crippen LogP contribution < -0.4 is 10.2 Å². The lowest BCUT2D eigenvalue weighted by Gasteiger charge is -2.35. The molecule has 0 bridgehead atoms. The summed E-state index contributed by atoms with van der Waals surface area (Å²) < 4.78 is 5.93. The summed E-state index contributed by atoms with van der Waals surface area (Å²) in [4.78, 5) is 35.4. The molecule has 0 spiro atoms. The molecule has 0 radical (unpaired) electrons. The number of fused-ring (bicyclic) bond motifs is 1. The van der Waals surface area contributed by atoms with Crippen molar-refractivity contribution in [2.24, 2.45) is 0 Å². The fourth-order valence-corrected chi connectivity index (χ4v) is 4.60. The molecule has 0 saturated carbocycles. The Bertz CT molecular complexity index is 1230. The van der Waals surface area contributed by atoms with E-state index < -0.39 is 0 Å². The topological polar surface area (TPSA) is 78.7 Å². The molecule has 162 valence electrons. The maximum atomic E-state index is 13.4. The maximum absolute atomic E-state index is 13.4. The van der Waals surface area contributed by atoms with Gasteiger partial charge in [-0.05, 0) is 35.7 Å². The van der Waals surface area contributed by atoms with Gasteiger partial charge in [0, 0.05) is 42.6 Å². The van der Waals surface area contributed by atoms with Crippen molar-refractivity contribution in [2.45, 2.75) is 6.42 Å². The summed E-state index contributed by atoms with van der Waals surface area (Å²) in [6.07, 6.45) is 2.03. The van der Waals surface area contributed by atoms with Crippen LogP contribution in [0.25, 0.3) is 11.0 Å². The summed E-state index contributed by atoms with van der Waals surface area (Å²) in [6.45, 7) is 2.47. The van der Waals surface area contributed by atoms with Crippen molar-refractivity contribution in [3.63, 3.8) is 0 Å². The van der Waals surface area contributed by atoms with Crippen LogP contribution in [0.2, 0.25) is 0 Å². The summed E-state index contributed by atoms with van der Waals surface area (Å²) >= 11 is 1.53. The minimum absolute atomic E-state index is 0.173. The van der Waals surface area contributed by atoms with Crippen LogP contribution in [-0.4, -0.2) is 47.9 Å². The lowest BCUT2D eigenvalue weighted by Crippen LogP contribution is -2.49. The highest BCUT2D eigenvalue weighted by molar-refractivity contribution is 7.10. The average Bonchev–Trinajstić information content (AvgIpc) is 3.47. The van der Waals surface area contributed by atoms with Crippen molar-refractivity contribution < 1.29 is 14.0 Å². The number of thiophene rings is 1. The van der Waals surface area contributed by atoms with Crippen molar-refractivity contribution in [2.75, 3.05) is 36.4 Å². The van der Waals surface area contributed by atoms with Crippen molar-refractivity contribution >= 4 is 45.6 Å². The van der Waals surface area contributed by atoms with Crippen LogP contribution in [0.1, 0.15) is 15.4 Å². The number of carbonyl (C=O) groups excluding carboxylic acids is 2. The molecule has 0 atom stereocenters. The maximum Gasteiger partial charge on any atom is 0.291 e. The first-order valence-electron chi connectivity index (χ1n) is 10.5. The average molecular weight is 447 g/mol. The second kappa shape index (κ2) is 8.84. The fraction of sp³-hybridized carbons (Fsp3) is 0.208. The van der Waals surface area contributed by atoms with Gasteiger partial charge in [0.25, 0.3) is 5.91 Å². The molecule has 1 saturated heterocycles. The number of benzene rings is 1. The highest BCUT2D eigenvalue weighted by atomic mass is 32.1. The highest BCUT2D eigenvalue weighted by Crippen LogP contribution is 2.32. The number of amides is 2. The van der Waals surface area contributed by atoms with Gasteiger partial charge in [-0.2, -0.15) is 0 Å². The molecule has 1 N–H and O–H groups in total. The molecule has 1 aliphatic rings. The summed E-state index contributed by atoms with van der Waals surface area (Å²) in [5, 5.41) is 5.60. The van der Waals surface area contributed by atoms with Gasteiger partial charge < -0.3 is 19.5 Å². The van der Waals surface area contributed by atoms with Gasteiger partial charge in [0.1, 0.15) is 17.1 Å². The van der Waals surface area contributed by atoms with Crippen molar-refractivity contribution in [3.05, 3.63) is 76.8 Å². The number of rotatable bonds is 5. The van der Waals surface area contributed by atoms with E-state index in [-0.39, 0.29) is 24.0 Å². The van der Waals surface area contributed by atoms with E-state index in [2.05, 4.69) is 15.2 Å². The molecule has 5 rings (SSSR count). The standard InChI is InChI=1S/C24H22N4O3S/c29-21(16-17-6-5-15-32-17)26-22-18-7-1-2-8-19(18)31-23(22)24(30)28-13-11-27(12-14-28)20-9-3-4-10-25-20/h1-10,15H,11-14,16H2,(H,26,29). The van der Waals surface area contributed by atoms with E-state index in [0.29, 0.717) is 37.4 Å². The number of nitrogens with one attached hydrogen (secondary N) is 1. The molecule has 4 aromatic rings. The van der Waals surface area contributed by atoms with E-state index in [1.54, 1.807) is 17.2 Å². The lowest BCUT2D eigenvalue weighted by molar-refractivity contribution is -0.115. The number of hydrogen-bond acceptors (Lipinski definition) is 6. The Hall–Kier alpha value is -3.65. The van der Waals surface area contributed by atoms with Crippen LogP contribution in [0.15, 0.2) is 70.6 Å². The van der Waals surface area contributed by atoms with Gasteiger partial charge in [-0.3, -0.25) is 9.59 Å². The summed E-state index contributed by atoms with van der Waals surface area (Å²) in [5.41, 5.74) is 1.02. The zero-order valence-electron chi connectivity index (χ0n) is 17.4. The van der Waals surface area contributed by atoms with Crippen molar-refractivity contribution in [1.29, 1.82) is 0 Å². The summed E-state index contributed by atoms with van der Waals surface area (Å²) in [7, 11) is 0. The van der Waals surface area contributed by atoms with Crippen LogP contribution >= 0.6 is 11.3 Å². The number of aromatic nitrogens is 1. The Morgan fingerprint density at radius 2 is 1.81 bits per heavy atom. The molecule has 32 heavy (non-hydrogen) atoms. The molecule has 1 aromatic carbocycles. The number of nitrogens with zero attached hydrogens (tertiary/aromatic N) is 3. The van der Waals surface area contributed by atoms with Crippen molar-refractivity contribution in [3.8, 4) is 0 Å². The zero-order chi connectivity index (χ0) is 21.9. The second-order valence-electron chi connectivity index (χ2n) is 7.57. The molecule has 3 aromatic heterocycles. The summed E-state index contributed by atoms with van der Waals surface area (Å²) in [6, 6.07) is 17.0. The molecule has 1 fully saturated rings. The molecular weight excluding hydrogens is 424 g/mol. The van der Waals surface area contributed by atoms with Crippen LogP contribution in [0.4, 0.5) is 11.5 Å². The third-order valence-corrected chi connectivity index (χ3v) is 6.39. The van der Waals surface area contributed by atoms with Gasteiger partial charge in [0.05, 0.1) is 6.42 Å². The molecular formula is C24H22N4O3S. The van der Waals surface area contributed by atoms with Gasteiger partial charge >= 0.3 is 0 Å². The predicted octanol–water partition coefficient (Wildman–Crippen LogP) is 4.03. The van der Waals surface area contributed by atoms with E-state index in [1.165, 1.54) is 11.3 Å². The van der Waals surface area contributed by atoms with Gasteiger partial charge in [-0.25, -0.2) is 4.98 Å². The van der Waals surface area contributed by atoms with Gasteiger partial charge in [0.2, 0.25) is 11.7 Å². The fourth-order valence-electron chi connectivity index (χ4n) is 3.90. The molecule has 8 heteroatoms. The first-order valence-corrected chi connectivity index (χ1v) is 11.4. The minimum Gasteiger partial charge on any atom is -0.449 e. The van der Waals surface area contributed by atoms with E-state index in [4.69, 9.17) is 4.42 Å². The van der Waals surface area contributed by atoms with Gasteiger partial charge in [0.15, 0.2) is 0 Å². The van der Waals surface area contributed by atoms with E-state index in [1.807, 2.05) is 53.9 Å². The Balaban J connectivity index is 1.36. The Labute approximate surface area is 189 Å². The predicted molar refractivity (Wildman–Crippen MR) is 125 cm³/mol. The Morgan fingerprint density at radius 1 is 1.00 bits per heavy atom. The summed E-state index contributed by atoms with van der Waals surface area (Å²) in [5.74, 6) is 0.697. The third-order valence-electron chi connectivity index (χ3n) is 5.51. The smallest absolute Gasteiger partial charge is 0.291 e. The lowest BCUT2D eigenvalue weighted by atomic mass is 10.2. The SMILES string of the molecule is O=C(Cc1cccs1)Nc1c(C(=O)N2CCN(c3ccccn3)CC2)oc2ccccc12. The second-order valence-corrected chi connectivity index (χ2v) is 8.61. The number of pyridine rings is 1. The Kier molecular flexibility index (Phi) is 5.60. The normalized spacial score (nSPS) is 14.0. The number of carbonyl (C=O) groups is 2. The van der Waals surface area contributed by atoms with Crippen LogP contribution in [-0.2, 0) is 11.2 Å². The van der Waals surface area contributed by atoms with Crippen LogP contribution in [0.3, 0.4) is 0 Å². The van der Waals surface area contributed by atoms with E-state index in [0.717, 1.165) is 16.1 Å². The van der Waals surface area contributed by atoms with Gasteiger partial charge in [-0.1, -0.05) is 24.3 Å². The minimum atomic E-state index is -0.215. The molecule has 1 aliphatic heterocycles. The number of furan rings is 1. The Morgan fingerprint density at radius 3 is 2.56 bits per heavy atom. The molecule has 0 unspecified atom stereocenters. The number of hydrogen-bond donors (Lipinski definition) is 1. The molecule has 7 nitrogen and oxygen atoms in total. The number of piperazine rings is 1. The van der Waals surface area contributed by atoms with Gasteiger partial charge in [-0.15, -0.1) is 11.3 Å². The molecule has 4 heterocycles. The van der Waals surface area contributed by atoms with Crippen LogP contribution in [0, 0.1) is 0 Å². The third kappa shape index (κ3) is 4.09. The molecule has 0 aliphatic carbocycles. The van der Waals surface area contributed by atoms with Crippen LogP contribution in [0.5, 0.6) is 0 Å². The van der Waals surface area contributed by atoms with E-state index >= 15 is 0 Å². The molecule has 2 amide bonds. The number of anilines is 2. The first-order chi connectivity index (χ1) is 15.7. The number of para-hydroxylation sites is 1. The highest BCUT2D eigenvalue weighted by Gasteiger charge is 2.29. The first kappa shape index (κ1) is 20.3. The van der Waals surface area contributed by atoms with Crippen molar-refractivity contribution in [1.82, 2.24) is 9.88 Å².